The first-order chi connectivity index (χ1) is 9.58. The molecule has 0 fully saturated rings. The summed E-state index contributed by atoms with van der Waals surface area (Å²) < 4.78 is 0. The summed E-state index contributed by atoms with van der Waals surface area (Å²) in [4.78, 5) is 11.6. The Kier molecular flexibility index (Phi) is 4.17. The maximum absolute atomic E-state index is 11.6. The second-order valence-electron chi connectivity index (χ2n) is 4.71. The molecule has 98 valence electrons. The van der Waals surface area contributed by atoms with Crippen molar-refractivity contribution in [3.8, 4) is 11.8 Å². The molecule has 2 aromatic rings. The van der Waals surface area contributed by atoms with Crippen molar-refractivity contribution >= 4 is 11.4 Å². The normalized spacial score (nSPS) is 9.50. The molecule has 0 saturated heterocycles. The van der Waals surface area contributed by atoms with Gasteiger partial charge in [-0.1, -0.05) is 42.2 Å². The van der Waals surface area contributed by atoms with Gasteiger partial charge in [0.05, 0.1) is 0 Å². The molecule has 0 aromatic heterocycles. The van der Waals surface area contributed by atoms with Gasteiger partial charge < -0.3 is 0 Å². The van der Waals surface area contributed by atoms with Crippen LogP contribution in [0.25, 0.3) is 5.57 Å². The minimum atomic E-state index is 0.0468. The van der Waals surface area contributed by atoms with E-state index in [1.165, 1.54) is 0 Å². The van der Waals surface area contributed by atoms with Gasteiger partial charge in [-0.3, -0.25) is 4.79 Å². The summed E-state index contributed by atoms with van der Waals surface area (Å²) in [7, 11) is 0. The number of rotatable bonds is 2. The quantitative estimate of drug-likeness (QED) is 0.580. The highest BCUT2D eigenvalue weighted by Crippen LogP contribution is 2.19. The van der Waals surface area contributed by atoms with Crippen molar-refractivity contribution in [2.45, 2.75) is 13.8 Å². The molecular formula is C19H16O. The van der Waals surface area contributed by atoms with Crippen LogP contribution < -0.4 is 0 Å². The third-order valence-corrected chi connectivity index (χ3v) is 2.98. The third kappa shape index (κ3) is 3.24. The van der Waals surface area contributed by atoms with Gasteiger partial charge in [0.25, 0.3) is 0 Å². The smallest absolute Gasteiger partial charge is 0.160 e. The van der Waals surface area contributed by atoms with Gasteiger partial charge in [0.1, 0.15) is 0 Å². The maximum atomic E-state index is 11.6. The number of hydrogen-bond donors (Lipinski definition) is 0. The SMILES string of the molecule is C=C(C)c1cc(C#Cc2ccccc2)ccc1C(C)=O. The van der Waals surface area contributed by atoms with Crippen molar-refractivity contribution in [3.05, 3.63) is 77.4 Å². The van der Waals surface area contributed by atoms with Crippen LogP contribution in [0.5, 0.6) is 0 Å². The summed E-state index contributed by atoms with van der Waals surface area (Å²) in [6.45, 7) is 7.39. The minimum Gasteiger partial charge on any atom is -0.294 e. The molecule has 0 spiro atoms. The van der Waals surface area contributed by atoms with E-state index in [1.807, 2.05) is 55.5 Å². The second-order valence-corrected chi connectivity index (χ2v) is 4.71. The molecule has 0 unspecified atom stereocenters. The molecule has 0 bridgehead atoms. The molecule has 1 nitrogen and oxygen atoms in total. The largest absolute Gasteiger partial charge is 0.294 e. The average Bonchev–Trinajstić information content (AvgIpc) is 2.45. The minimum absolute atomic E-state index is 0.0468. The van der Waals surface area contributed by atoms with Gasteiger partial charge in [-0.2, -0.15) is 0 Å². The van der Waals surface area contributed by atoms with Gasteiger partial charge in [0.15, 0.2) is 5.78 Å². The number of ketones is 1. The lowest BCUT2D eigenvalue weighted by molar-refractivity contribution is 0.101. The van der Waals surface area contributed by atoms with Gasteiger partial charge >= 0.3 is 0 Å². The summed E-state index contributed by atoms with van der Waals surface area (Å²) in [6.07, 6.45) is 0. The molecule has 0 aliphatic rings. The molecule has 0 saturated carbocycles. The molecule has 0 N–H and O–H groups in total. The van der Waals surface area contributed by atoms with Gasteiger partial charge in [0, 0.05) is 16.7 Å². The first-order valence-corrected chi connectivity index (χ1v) is 6.46. The summed E-state index contributed by atoms with van der Waals surface area (Å²) in [5.74, 6) is 6.28. The van der Waals surface area contributed by atoms with Crippen molar-refractivity contribution in [2.75, 3.05) is 0 Å². The predicted octanol–water partition coefficient (Wildman–Crippen LogP) is 4.32. The Balaban J connectivity index is 2.40. The van der Waals surface area contributed by atoms with E-state index in [0.29, 0.717) is 5.56 Å². The van der Waals surface area contributed by atoms with Gasteiger partial charge in [0.2, 0.25) is 0 Å². The molecule has 0 heterocycles. The van der Waals surface area contributed by atoms with Crippen LogP contribution in [-0.4, -0.2) is 5.78 Å². The van der Waals surface area contributed by atoms with Gasteiger partial charge in [-0.05, 0) is 49.7 Å². The van der Waals surface area contributed by atoms with E-state index in [2.05, 4.69) is 18.4 Å². The van der Waals surface area contributed by atoms with Crippen molar-refractivity contribution in [3.63, 3.8) is 0 Å². The summed E-state index contributed by atoms with van der Waals surface area (Å²) in [5.41, 5.74) is 4.30. The Morgan fingerprint density at radius 2 is 1.55 bits per heavy atom. The van der Waals surface area contributed by atoms with E-state index in [-0.39, 0.29) is 5.78 Å². The first-order valence-electron chi connectivity index (χ1n) is 6.46. The van der Waals surface area contributed by atoms with Crippen molar-refractivity contribution in [1.82, 2.24) is 0 Å². The molecule has 0 radical (unpaired) electrons. The Bertz CT molecular complexity index is 712. The van der Waals surface area contributed by atoms with E-state index in [4.69, 9.17) is 0 Å². The molecular weight excluding hydrogens is 244 g/mol. The van der Waals surface area contributed by atoms with Crippen molar-refractivity contribution in [2.24, 2.45) is 0 Å². The molecule has 0 amide bonds. The van der Waals surface area contributed by atoms with Crippen LogP contribution in [0.15, 0.2) is 55.1 Å². The zero-order chi connectivity index (χ0) is 14.5. The molecule has 2 aromatic carbocycles. The average molecular weight is 260 g/mol. The van der Waals surface area contributed by atoms with Gasteiger partial charge in [-0.25, -0.2) is 0 Å². The predicted molar refractivity (Wildman–Crippen MR) is 83.6 cm³/mol. The van der Waals surface area contributed by atoms with Crippen LogP contribution in [0, 0.1) is 11.8 Å². The lowest BCUT2D eigenvalue weighted by Crippen LogP contribution is -1.98. The van der Waals surface area contributed by atoms with Crippen molar-refractivity contribution in [1.29, 1.82) is 0 Å². The first kappa shape index (κ1) is 13.8. The number of allylic oxidation sites excluding steroid dienone is 1. The van der Waals surface area contributed by atoms with Crippen LogP contribution in [0.1, 0.15) is 40.9 Å². The van der Waals surface area contributed by atoms with Crippen LogP contribution >= 0.6 is 0 Å². The van der Waals surface area contributed by atoms with Crippen molar-refractivity contribution < 1.29 is 4.79 Å². The van der Waals surface area contributed by atoms with Crippen LogP contribution in [0.4, 0.5) is 0 Å². The second kappa shape index (κ2) is 6.04. The molecule has 0 aliphatic heterocycles. The number of carbonyl (C=O) groups excluding carboxylic acids is 1. The van der Waals surface area contributed by atoms with Crippen LogP contribution in [0.2, 0.25) is 0 Å². The highest BCUT2D eigenvalue weighted by Gasteiger charge is 2.07. The highest BCUT2D eigenvalue weighted by atomic mass is 16.1. The lowest BCUT2D eigenvalue weighted by Gasteiger charge is -2.06. The Hall–Kier alpha value is -2.59. The van der Waals surface area contributed by atoms with E-state index in [1.54, 1.807) is 6.92 Å². The summed E-state index contributed by atoms with van der Waals surface area (Å²) >= 11 is 0. The zero-order valence-electron chi connectivity index (χ0n) is 11.7. The molecule has 2 rings (SSSR count). The van der Waals surface area contributed by atoms with E-state index in [0.717, 1.165) is 22.3 Å². The highest BCUT2D eigenvalue weighted by molar-refractivity contribution is 5.99. The Morgan fingerprint density at radius 3 is 2.15 bits per heavy atom. The van der Waals surface area contributed by atoms with E-state index < -0.39 is 0 Å². The number of hydrogen-bond acceptors (Lipinski definition) is 1. The zero-order valence-corrected chi connectivity index (χ0v) is 11.7. The summed E-state index contributed by atoms with van der Waals surface area (Å²) in [6, 6.07) is 15.4. The summed E-state index contributed by atoms with van der Waals surface area (Å²) in [5, 5.41) is 0. The Labute approximate surface area is 120 Å². The number of Topliss-reactive ketones (excluding diaryl/α,β-unsaturated/α-hetero) is 1. The fraction of sp³-hybridized carbons (Fsp3) is 0.105. The van der Waals surface area contributed by atoms with Gasteiger partial charge in [-0.15, -0.1) is 0 Å². The van der Waals surface area contributed by atoms with E-state index in [9.17, 15) is 4.79 Å². The monoisotopic (exact) mass is 260 g/mol. The fourth-order valence-corrected chi connectivity index (χ4v) is 1.95. The molecule has 1 heteroatoms. The number of benzene rings is 2. The van der Waals surface area contributed by atoms with Crippen LogP contribution in [0.3, 0.4) is 0 Å². The molecule has 0 atom stereocenters. The molecule has 0 aliphatic carbocycles. The van der Waals surface area contributed by atoms with Crippen LogP contribution in [-0.2, 0) is 0 Å². The van der Waals surface area contributed by atoms with E-state index >= 15 is 0 Å². The topological polar surface area (TPSA) is 17.1 Å². The standard InChI is InChI=1S/C19H16O/c1-14(2)19-13-17(11-12-18(19)15(3)20)10-9-16-7-5-4-6-8-16/h4-8,11-13H,1H2,2-3H3. The lowest BCUT2D eigenvalue weighted by atomic mass is 9.97. The molecule has 20 heavy (non-hydrogen) atoms. The Morgan fingerprint density at radius 1 is 0.900 bits per heavy atom. The third-order valence-electron chi connectivity index (χ3n) is 2.98. The number of carbonyl (C=O) groups is 1. The maximum Gasteiger partial charge on any atom is 0.160 e. The fourth-order valence-electron chi connectivity index (χ4n) is 1.95.